The van der Waals surface area contributed by atoms with Crippen LogP contribution in [0.15, 0.2) is 24.4 Å². The summed E-state index contributed by atoms with van der Waals surface area (Å²) in [5, 5.41) is 7.59. The van der Waals surface area contributed by atoms with Crippen LogP contribution >= 0.6 is 0 Å². The first-order valence-electron chi connectivity index (χ1n) is 9.24. The van der Waals surface area contributed by atoms with E-state index in [1.807, 2.05) is 31.9 Å². The summed E-state index contributed by atoms with van der Waals surface area (Å²) in [7, 11) is 1.83. The van der Waals surface area contributed by atoms with Gasteiger partial charge in [-0.2, -0.15) is 5.10 Å². The molecule has 0 aliphatic rings. The van der Waals surface area contributed by atoms with E-state index in [0.29, 0.717) is 13.1 Å². The molecule has 1 amide bonds. The second-order valence-electron chi connectivity index (χ2n) is 6.91. The summed E-state index contributed by atoms with van der Waals surface area (Å²) in [6.07, 6.45) is 2.54. The minimum atomic E-state index is -1.61. The normalized spacial score (nSPS) is 11.4. The molecule has 0 aliphatic carbocycles. The SMILES string of the molecule is CCCN(CC(=O)Nc1ccc(F)c(F)c1F)Cc1cnc2c(c1)c(C)nn2C. The van der Waals surface area contributed by atoms with Crippen molar-refractivity contribution in [1.29, 1.82) is 0 Å². The molecule has 0 radical (unpaired) electrons. The second-order valence-corrected chi connectivity index (χ2v) is 6.91. The Morgan fingerprint density at radius 3 is 2.72 bits per heavy atom. The van der Waals surface area contributed by atoms with Gasteiger partial charge in [-0.25, -0.2) is 18.2 Å². The first kappa shape index (κ1) is 20.8. The Hall–Kier alpha value is -2.94. The zero-order valence-electron chi connectivity index (χ0n) is 16.5. The molecule has 29 heavy (non-hydrogen) atoms. The number of nitrogens with one attached hydrogen (secondary N) is 1. The predicted molar refractivity (Wildman–Crippen MR) is 104 cm³/mol. The number of hydrogen-bond donors (Lipinski definition) is 1. The number of carbonyl (C=O) groups is 1. The Morgan fingerprint density at radius 1 is 1.24 bits per heavy atom. The highest BCUT2D eigenvalue weighted by Crippen LogP contribution is 2.20. The molecule has 0 aliphatic heterocycles. The third-order valence-corrected chi connectivity index (χ3v) is 4.54. The van der Waals surface area contributed by atoms with Crippen LogP contribution in [0, 0.1) is 24.4 Å². The van der Waals surface area contributed by atoms with Gasteiger partial charge in [-0.15, -0.1) is 0 Å². The van der Waals surface area contributed by atoms with Crippen LogP contribution in [0.1, 0.15) is 24.6 Å². The third-order valence-electron chi connectivity index (χ3n) is 4.54. The van der Waals surface area contributed by atoms with Gasteiger partial charge < -0.3 is 5.32 Å². The minimum Gasteiger partial charge on any atom is -0.322 e. The van der Waals surface area contributed by atoms with E-state index in [4.69, 9.17) is 0 Å². The standard InChI is InChI=1S/C20H22F3N5O/c1-4-7-28(10-13-8-14-12(2)26-27(3)20(14)24-9-13)11-17(29)25-16-6-5-15(21)18(22)19(16)23/h5-6,8-9H,4,7,10-11H2,1-3H3,(H,25,29). The maximum absolute atomic E-state index is 13.8. The van der Waals surface area contributed by atoms with E-state index in [9.17, 15) is 18.0 Å². The van der Waals surface area contributed by atoms with Crippen molar-refractivity contribution in [2.45, 2.75) is 26.8 Å². The van der Waals surface area contributed by atoms with Crippen molar-refractivity contribution in [2.75, 3.05) is 18.4 Å². The molecular formula is C20H22F3N5O. The lowest BCUT2D eigenvalue weighted by molar-refractivity contribution is -0.117. The number of fused-ring (bicyclic) bond motifs is 1. The first-order chi connectivity index (χ1) is 13.8. The molecule has 0 unspecified atom stereocenters. The van der Waals surface area contributed by atoms with Crippen LogP contribution in [0.2, 0.25) is 0 Å². The van der Waals surface area contributed by atoms with E-state index < -0.39 is 23.4 Å². The van der Waals surface area contributed by atoms with E-state index in [0.717, 1.165) is 40.8 Å². The largest absolute Gasteiger partial charge is 0.322 e. The van der Waals surface area contributed by atoms with Crippen molar-refractivity contribution in [2.24, 2.45) is 7.05 Å². The van der Waals surface area contributed by atoms with Gasteiger partial charge in [0.25, 0.3) is 0 Å². The van der Waals surface area contributed by atoms with Gasteiger partial charge in [0, 0.05) is 25.2 Å². The van der Waals surface area contributed by atoms with E-state index in [1.54, 1.807) is 10.9 Å². The Balaban J connectivity index is 1.72. The summed E-state index contributed by atoms with van der Waals surface area (Å²) in [6.45, 7) is 4.93. The van der Waals surface area contributed by atoms with Gasteiger partial charge in [0.15, 0.2) is 23.1 Å². The van der Waals surface area contributed by atoms with E-state index in [-0.39, 0.29) is 12.2 Å². The molecule has 9 heteroatoms. The maximum atomic E-state index is 13.8. The third kappa shape index (κ3) is 4.56. The molecule has 0 atom stereocenters. The smallest absolute Gasteiger partial charge is 0.238 e. The first-order valence-corrected chi connectivity index (χ1v) is 9.24. The van der Waals surface area contributed by atoms with Crippen molar-refractivity contribution < 1.29 is 18.0 Å². The lowest BCUT2D eigenvalue weighted by Gasteiger charge is -2.21. The zero-order valence-corrected chi connectivity index (χ0v) is 16.5. The molecule has 0 spiro atoms. The second kappa shape index (κ2) is 8.60. The van der Waals surface area contributed by atoms with Crippen molar-refractivity contribution >= 4 is 22.6 Å². The molecule has 3 aromatic rings. The Bertz CT molecular complexity index is 1050. The predicted octanol–water partition coefficient (Wildman–Crippen LogP) is 3.54. The maximum Gasteiger partial charge on any atom is 0.238 e. The quantitative estimate of drug-likeness (QED) is 0.611. The summed E-state index contributed by atoms with van der Waals surface area (Å²) in [5.74, 6) is -4.85. The summed E-state index contributed by atoms with van der Waals surface area (Å²) < 4.78 is 41.9. The number of aryl methyl sites for hydroxylation is 2. The van der Waals surface area contributed by atoms with Crippen LogP contribution in [0.4, 0.5) is 18.9 Å². The summed E-state index contributed by atoms with van der Waals surface area (Å²) in [4.78, 5) is 18.7. The average Bonchev–Trinajstić information content (AvgIpc) is 2.96. The van der Waals surface area contributed by atoms with Crippen LogP contribution in [-0.2, 0) is 18.4 Å². The number of amides is 1. The fraction of sp³-hybridized carbons (Fsp3) is 0.350. The molecule has 0 saturated heterocycles. The lowest BCUT2D eigenvalue weighted by atomic mass is 10.2. The van der Waals surface area contributed by atoms with Crippen molar-refractivity contribution in [3.63, 3.8) is 0 Å². The zero-order chi connectivity index (χ0) is 21.1. The van der Waals surface area contributed by atoms with Gasteiger partial charge in [-0.05, 0) is 43.7 Å². The number of aromatic nitrogens is 3. The van der Waals surface area contributed by atoms with Gasteiger partial charge >= 0.3 is 0 Å². The Labute approximate surface area is 166 Å². The van der Waals surface area contributed by atoms with E-state index in [2.05, 4.69) is 15.4 Å². The van der Waals surface area contributed by atoms with Crippen molar-refractivity contribution in [3.8, 4) is 0 Å². The number of carbonyl (C=O) groups excluding carboxylic acids is 1. The van der Waals surface area contributed by atoms with Crippen LogP contribution in [0.3, 0.4) is 0 Å². The molecule has 6 nitrogen and oxygen atoms in total. The Kier molecular flexibility index (Phi) is 6.17. The molecule has 1 N–H and O–H groups in total. The highest BCUT2D eigenvalue weighted by Gasteiger charge is 2.17. The van der Waals surface area contributed by atoms with Crippen LogP contribution < -0.4 is 5.32 Å². The van der Waals surface area contributed by atoms with Crippen LogP contribution in [0.5, 0.6) is 0 Å². The summed E-state index contributed by atoms with van der Waals surface area (Å²) in [5.41, 5.74) is 2.17. The number of pyridine rings is 1. The highest BCUT2D eigenvalue weighted by molar-refractivity contribution is 5.92. The number of nitrogens with zero attached hydrogens (tertiary/aromatic N) is 4. The minimum absolute atomic E-state index is 0.0314. The van der Waals surface area contributed by atoms with E-state index in [1.165, 1.54) is 0 Å². The molecule has 3 rings (SSSR count). The van der Waals surface area contributed by atoms with Gasteiger partial charge in [0.05, 0.1) is 17.9 Å². The highest BCUT2D eigenvalue weighted by atomic mass is 19.2. The van der Waals surface area contributed by atoms with Gasteiger partial charge in [-0.1, -0.05) is 6.92 Å². The molecule has 154 valence electrons. The monoisotopic (exact) mass is 405 g/mol. The number of benzene rings is 1. The summed E-state index contributed by atoms with van der Waals surface area (Å²) in [6, 6.07) is 3.76. The fourth-order valence-corrected chi connectivity index (χ4v) is 3.24. The Morgan fingerprint density at radius 2 is 2.00 bits per heavy atom. The van der Waals surface area contributed by atoms with Crippen LogP contribution in [0.25, 0.3) is 11.0 Å². The van der Waals surface area contributed by atoms with Gasteiger partial charge in [0.2, 0.25) is 5.91 Å². The molecule has 2 heterocycles. The number of rotatable bonds is 7. The van der Waals surface area contributed by atoms with Crippen LogP contribution in [-0.4, -0.2) is 38.7 Å². The number of anilines is 1. The topological polar surface area (TPSA) is 63.1 Å². The van der Waals surface area contributed by atoms with Crippen molar-refractivity contribution in [1.82, 2.24) is 19.7 Å². The average molecular weight is 405 g/mol. The molecule has 0 bridgehead atoms. The lowest BCUT2D eigenvalue weighted by Crippen LogP contribution is -2.33. The fourth-order valence-electron chi connectivity index (χ4n) is 3.24. The van der Waals surface area contributed by atoms with E-state index >= 15 is 0 Å². The van der Waals surface area contributed by atoms with Gasteiger partial charge in [-0.3, -0.25) is 14.4 Å². The number of halogens is 3. The molecule has 0 saturated carbocycles. The summed E-state index contributed by atoms with van der Waals surface area (Å²) >= 11 is 0. The molecule has 2 aromatic heterocycles. The molecular weight excluding hydrogens is 383 g/mol. The van der Waals surface area contributed by atoms with Crippen molar-refractivity contribution in [3.05, 3.63) is 53.1 Å². The van der Waals surface area contributed by atoms with Gasteiger partial charge in [0.1, 0.15) is 0 Å². The molecule has 0 fully saturated rings. The number of hydrogen-bond acceptors (Lipinski definition) is 4. The molecule has 1 aromatic carbocycles.